The van der Waals surface area contributed by atoms with Gasteiger partial charge in [0.05, 0.1) is 0 Å². The first-order valence-corrected chi connectivity index (χ1v) is 8.24. The lowest BCUT2D eigenvalue weighted by atomic mass is 10.1. The smallest absolute Gasteiger partial charge is 0.410 e. The van der Waals surface area contributed by atoms with Crippen molar-refractivity contribution in [3.8, 4) is 0 Å². The molecule has 1 heterocycles. The van der Waals surface area contributed by atoms with E-state index in [1.807, 2.05) is 42.5 Å². The second kappa shape index (κ2) is 7.70. The van der Waals surface area contributed by atoms with Gasteiger partial charge in [-0.2, -0.15) is 0 Å². The molecule has 0 spiro atoms. The van der Waals surface area contributed by atoms with E-state index in [4.69, 9.17) is 10.5 Å². The molecule has 1 saturated heterocycles. The predicted molar refractivity (Wildman–Crippen MR) is 95.4 cm³/mol. The number of primary amides is 1. The fraction of sp³-hybridized carbons (Fsp3) is 0.263. The standard InChI is InChI=1S/C19H21N3O3/c20-18(23)16-6-8-17(9-7-16)21-10-12-22(13-11-21)19(24)25-14-15-4-2-1-3-5-15/h1-9H,10-14H2,(H2,20,23). The number of amides is 2. The Bertz CT molecular complexity index is 723. The van der Waals surface area contributed by atoms with Crippen molar-refractivity contribution in [3.05, 3.63) is 65.7 Å². The van der Waals surface area contributed by atoms with E-state index in [1.54, 1.807) is 17.0 Å². The second-order valence-corrected chi connectivity index (χ2v) is 5.93. The lowest BCUT2D eigenvalue weighted by Gasteiger charge is -2.35. The molecule has 1 aliphatic rings. The zero-order valence-corrected chi connectivity index (χ0v) is 13.9. The maximum atomic E-state index is 12.2. The summed E-state index contributed by atoms with van der Waals surface area (Å²) in [6.07, 6.45) is -0.285. The summed E-state index contributed by atoms with van der Waals surface area (Å²) in [5.74, 6) is -0.433. The van der Waals surface area contributed by atoms with Gasteiger partial charge in [-0.1, -0.05) is 30.3 Å². The zero-order valence-electron chi connectivity index (χ0n) is 13.9. The minimum atomic E-state index is -0.433. The summed E-state index contributed by atoms with van der Waals surface area (Å²) in [5, 5.41) is 0. The number of rotatable bonds is 4. The van der Waals surface area contributed by atoms with Gasteiger partial charge < -0.3 is 20.3 Å². The monoisotopic (exact) mass is 339 g/mol. The van der Waals surface area contributed by atoms with Crippen molar-refractivity contribution in [2.45, 2.75) is 6.61 Å². The van der Waals surface area contributed by atoms with Crippen LogP contribution < -0.4 is 10.6 Å². The molecule has 2 aromatic carbocycles. The third-order valence-electron chi connectivity index (χ3n) is 4.26. The van der Waals surface area contributed by atoms with Crippen molar-refractivity contribution in [2.24, 2.45) is 5.73 Å². The van der Waals surface area contributed by atoms with Gasteiger partial charge in [-0.15, -0.1) is 0 Å². The molecule has 1 aliphatic heterocycles. The van der Waals surface area contributed by atoms with Gasteiger partial charge in [-0.3, -0.25) is 4.79 Å². The van der Waals surface area contributed by atoms with Gasteiger partial charge in [0.25, 0.3) is 0 Å². The quantitative estimate of drug-likeness (QED) is 0.927. The Morgan fingerprint density at radius 1 is 0.920 bits per heavy atom. The van der Waals surface area contributed by atoms with Crippen LogP contribution in [0.3, 0.4) is 0 Å². The van der Waals surface area contributed by atoms with E-state index >= 15 is 0 Å². The van der Waals surface area contributed by atoms with Gasteiger partial charge >= 0.3 is 6.09 Å². The summed E-state index contributed by atoms with van der Waals surface area (Å²) in [4.78, 5) is 27.2. The Morgan fingerprint density at radius 3 is 2.16 bits per heavy atom. The van der Waals surface area contributed by atoms with Crippen molar-refractivity contribution in [1.29, 1.82) is 0 Å². The van der Waals surface area contributed by atoms with Crippen LogP contribution in [0.5, 0.6) is 0 Å². The summed E-state index contributed by atoms with van der Waals surface area (Å²) >= 11 is 0. The summed E-state index contributed by atoms with van der Waals surface area (Å²) < 4.78 is 5.37. The average Bonchev–Trinajstić information content (AvgIpc) is 2.67. The van der Waals surface area contributed by atoms with Crippen LogP contribution in [0, 0.1) is 0 Å². The van der Waals surface area contributed by atoms with E-state index in [2.05, 4.69) is 4.90 Å². The molecule has 0 unspecified atom stereocenters. The Hall–Kier alpha value is -3.02. The molecule has 0 saturated carbocycles. The van der Waals surface area contributed by atoms with Crippen molar-refractivity contribution in [2.75, 3.05) is 31.1 Å². The van der Waals surface area contributed by atoms with Crippen LogP contribution >= 0.6 is 0 Å². The van der Waals surface area contributed by atoms with Crippen LogP contribution in [0.4, 0.5) is 10.5 Å². The van der Waals surface area contributed by atoms with Crippen LogP contribution in [0.15, 0.2) is 54.6 Å². The molecule has 2 N–H and O–H groups in total. The number of carbonyl (C=O) groups is 2. The molecule has 6 nitrogen and oxygen atoms in total. The van der Waals surface area contributed by atoms with E-state index in [0.29, 0.717) is 18.7 Å². The molecule has 6 heteroatoms. The van der Waals surface area contributed by atoms with E-state index < -0.39 is 5.91 Å². The van der Waals surface area contributed by atoms with Gasteiger partial charge in [0.2, 0.25) is 5.91 Å². The molecule has 1 fully saturated rings. The van der Waals surface area contributed by atoms with Gasteiger partial charge in [-0.05, 0) is 29.8 Å². The summed E-state index contributed by atoms with van der Waals surface area (Å²) in [6, 6.07) is 16.8. The second-order valence-electron chi connectivity index (χ2n) is 5.93. The SMILES string of the molecule is NC(=O)c1ccc(N2CCN(C(=O)OCc3ccccc3)CC2)cc1. The highest BCUT2D eigenvalue weighted by Crippen LogP contribution is 2.17. The van der Waals surface area contributed by atoms with Crippen LogP contribution in [-0.2, 0) is 11.3 Å². The number of nitrogens with zero attached hydrogens (tertiary/aromatic N) is 2. The fourth-order valence-corrected chi connectivity index (χ4v) is 2.79. The molecule has 0 aliphatic carbocycles. The molecule has 0 bridgehead atoms. The molecule has 2 amide bonds. The first-order chi connectivity index (χ1) is 12.1. The van der Waals surface area contributed by atoms with Gasteiger partial charge in [-0.25, -0.2) is 4.79 Å². The Morgan fingerprint density at radius 2 is 1.56 bits per heavy atom. The lowest BCUT2D eigenvalue weighted by molar-refractivity contribution is 0.0940. The number of benzene rings is 2. The first-order valence-electron chi connectivity index (χ1n) is 8.24. The summed E-state index contributed by atoms with van der Waals surface area (Å²) in [6.45, 7) is 2.93. The van der Waals surface area contributed by atoms with E-state index in [1.165, 1.54) is 0 Å². The Balaban J connectivity index is 1.49. The zero-order chi connectivity index (χ0) is 17.6. The number of piperazine rings is 1. The topological polar surface area (TPSA) is 75.9 Å². The summed E-state index contributed by atoms with van der Waals surface area (Å²) in [5.41, 5.74) is 7.74. The average molecular weight is 339 g/mol. The van der Waals surface area contributed by atoms with Crippen molar-refractivity contribution in [1.82, 2.24) is 4.90 Å². The molecular formula is C19H21N3O3. The number of nitrogens with two attached hydrogens (primary N) is 1. The number of hydrogen-bond donors (Lipinski definition) is 1. The third-order valence-corrected chi connectivity index (χ3v) is 4.26. The van der Waals surface area contributed by atoms with Crippen molar-refractivity contribution in [3.63, 3.8) is 0 Å². The van der Waals surface area contributed by atoms with Gasteiger partial charge in [0.1, 0.15) is 6.61 Å². The number of hydrogen-bond acceptors (Lipinski definition) is 4. The van der Waals surface area contributed by atoms with Crippen LogP contribution in [-0.4, -0.2) is 43.1 Å². The molecular weight excluding hydrogens is 318 g/mol. The predicted octanol–water partition coefficient (Wildman–Crippen LogP) is 2.24. The van der Waals surface area contributed by atoms with E-state index in [-0.39, 0.29) is 12.7 Å². The fourth-order valence-electron chi connectivity index (χ4n) is 2.79. The maximum Gasteiger partial charge on any atom is 0.410 e. The minimum absolute atomic E-state index is 0.285. The van der Waals surface area contributed by atoms with Crippen LogP contribution in [0.25, 0.3) is 0 Å². The minimum Gasteiger partial charge on any atom is -0.445 e. The summed E-state index contributed by atoms with van der Waals surface area (Å²) in [7, 11) is 0. The molecule has 2 aromatic rings. The first kappa shape index (κ1) is 16.8. The molecule has 3 rings (SSSR count). The largest absolute Gasteiger partial charge is 0.445 e. The number of ether oxygens (including phenoxy) is 1. The van der Waals surface area contributed by atoms with Crippen molar-refractivity contribution >= 4 is 17.7 Å². The van der Waals surface area contributed by atoms with Gasteiger partial charge in [0, 0.05) is 37.4 Å². The third kappa shape index (κ3) is 4.29. The number of carbonyl (C=O) groups excluding carboxylic acids is 2. The number of anilines is 1. The highest BCUT2D eigenvalue weighted by Gasteiger charge is 2.22. The van der Waals surface area contributed by atoms with E-state index in [9.17, 15) is 9.59 Å². The van der Waals surface area contributed by atoms with Crippen LogP contribution in [0.2, 0.25) is 0 Å². The molecule has 0 radical (unpaired) electrons. The van der Waals surface area contributed by atoms with Crippen molar-refractivity contribution < 1.29 is 14.3 Å². The van der Waals surface area contributed by atoms with E-state index in [0.717, 1.165) is 24.3 Å². The normalized spacial score (nSPS) is 14.2. The Kier molecular flexibility index (Phi) is 5.18. The maximum absolute atomic E-state index is 12.2. The molecule has 0 atom stereocenters. The highest BCUT2D eigenvalue weighted by atomic mass is 16.6. The van der Waals surface area contributed by atoms with Crippen LogP contribution in [0.1, 0.15) is 15.9 Å². The van der Waals surface area contributed by atoms with Gasteiger partial charge in [0.15, 0.2) is 0 Å². The lowest BCUT2D eigenvalue weighted by Crippen LogP contribution is -2.48. The molecule has 130 valence electrons. The molecule has 0 aromatic heterocycles. The molecule has 25 heavy (non-hydrogen) atoms. The Labute approximate surface area is 146 Å². The highest BCUT2D eigenvalue weighted by molar-refractivity contribution is 5.93.